The molecule has 1 aromatic carbocycles. The third kappa shape index (κ3) is 3.57. The molecular formula is C16H25N. The number of nitrogens with one attached hydrogen (secondary N) is 1. The fraction of sp³-hybridized carbons (Fsp3) is 0.625. The highest BCUT2D eigenvalue weighted by Crippen LogP contribution is 2.30. The van der Waals surface area contributed by atoms with Crippen LogP contribution in [0.3, 0.4) is 0 Å². The molecule has 0 fully saturated rings. The van der Waals surface area contributed by atoms with Gasteiger partial charge in [0.25, 0.3) is 0 Å². The average molecular weight is 231 g/mol. The Kier molecular flexibility index (Phi) is 5.06. The van der Waals surface area contributed by atoms with Crippen molar-refractivity contribution in [2.45, 2.75) is 57.9 Å². The standard InChI is InChI=1S/C16H25N/c1-2-3-4-5-8-13-17-16-12-11-14-9-6-7-10-15(14)16/h6-7,9-10,16-17H,2-5,8,11-13H2,1H3. The molecule has 1 atom stereocenters. The van der Waals surface area contributed by atoms with Gasteiger partial charge in [-0.05, 0) is 36.9 Å². The molecule has 0 amide bonds. The number of unbranched alkanes of at least 4 members (excludes halogenated alkanes) is 4. The van der Waals surface area contributed by atoms with Crippen LogP contribution < -0.4 is 5.32 Å². The SMILES string of the molecule is CCCCCCCNC1CCc2ccccc21. The van der Waals surface area contributed by atoms with Crippen LogP contribution in [0.1, 0.15) is 62.6 Å². The smallest absolute Gasteiger partial charge is 0.0326 e. The van der Waals surface area contributed by atoms with Crippen LogP contribution in [0.25, 0.3) is 0 Å². The van der Waals surface area contributed by atoms with Crippen LogP contribution >= 0.6 is 0 Å². The van der Waals surface area contributed by atoms with Gasteiger partial charge in [-0.15, -0.1) is 0 Å². The van der Waals surface area contributed by atoms with E-state index in [4.69, 9.17) is 0 Å². The molecule has 0 aromatic heterocycles. The van der Waals surface area contributed by atoms with Gasteiger partial charge in [0, 0.05) is 6.04 Å². The lowest BCUT2D eigenvalue weighted by atomic mass is 10.1. The second-order valence-corrected chi connectivity index (χ2v) is 5.16. The third-order valence-corrected chi connectivity index (χ3v) is 3.80. The van der Waals surface area contributed by atoms with E-state index in [1.807, 2.05) is 0 Å². The summed E-state index contributed by atoms with van der Waals surface area (Å²) < 4.78 is 0. The molecule has 0 aliphatic heterocycles. The van der Waals surface area contributed by atoms with Crippen LogP contribution in [-0.4, -0.2) is 6.54 Å². The van der Waals surface area contributed by atoms with Crippen LogP contribution in [0.15, 0.2) is 24.3 Å². The van der Waals surface area contributed by atoms with Crippen molar-refractivity contribution in [1.82, 2.24) is 5.32 Å². The molecule has 0 bridgehead atoms. The second kappa shape index (κ2) is 6.80. The molecule has 1 aliphatic rings. The van der Waals surface area contributed by atoms with E-state index in [1.54, 1.807) is 11.1 Å². The van der Waals surface area contributed by atoms with Crippen LogP contribution in [0.5, 0.6) is 0 Å². The van der Waals surface area contributed by atoms with Gasteiger partial charge in [0.2, 0.25) is 0 Å². The zero-order valence-electron chi connectivity index (χ0n) is 11.0. The highest BCUT2D eigenvalue weighted by molar-refractivity contribution is 5.34. The van der Waals surface area contributed by atoms with Gasteiger partial charge < -0.3 is 5.32 Å². The van der Waals surface area contributed by atoms with Crippen LogP contribution in [0.4, 0.5) is 0 Å². The molecule has 1 nitrogen and oxygen atoms in total. The second-order valence-electron chi connectivity index (χ2n) is 5.16. The maximum absolute atomic E-state index is 3.71. The normalized spacial score (nSPS) is 18.3. The maximum atomic E-state index is 3.71. The van der Waals surface area contributed by atoms with Gasteiger partial charge in [0.15, 0.2) is 0 Å². The number of hydrogen-bond donors (Lipinski definition) is 1. The van der Waals surface area contributed by atoms with Crippen molar-refractivity contribution in [2.75, 3.05) is 6.54 Å². The lowest BCUT2D eigenvalue weighted by Gasteiger charge is -2.13. The van der Waals surface area contributed by atoms with E-state index in [2.05, 4.69) is 36.5 Å². The van der Waals surface area contributed by atoms with Crippen LogP contribution in [-0.2, 0) is 6.42 Å². The lowest BCUT2D eigenvalue weighted by Crippen LogP contribution is -2.20. The van der Waals surface area contributed by atoms with Gasteiger partial charge in [-0.1, -0.05) is 56.9 Å². The molecule has 0 radical (unpaired) electrons. The van der Waals surface area contributed by atoms with Crippen molar-refractivity contribution in [3.05, 3.63) is 35.4 Å². The molecule has 1 heteroatoms. The Morgan fingerprint density at radius 3 is 2.82 bits per heavy atom. The number of fused-ring (bicyclic) bond motifs is 1. The van der Waals surface area contributed by atoms with Crippen molar-refractivity contribution in [3.63, 3.8) is 0 Å². The molecule has 1 N–H and O–H groups in total. The highest BCUT2D eigenvalue weighted by atomic mass is 14.9. The summed E-state index contributed by atoms with van der Waals surface area (Å²) in [5, 5.41) is 3.71. The average Bonchev–Trinajstić information content (AvgIpc) is 2.77. The van der Waals surface area contributed by atoms with Crippen molar-refractivity contribution in [3.8, 4) is 0 Å². The first-order chi connectivity index (χ1) is 8.42. The Labute approximate surface area is 106 Å². The summed E-state index contributed by atoms with van der Waals surface area (Å²) in [7, 11) is 0. The van der Waals surface area contributed by atoms with E-state index >= 15 is 0 Å². The first-order valence-electron chi connectivity index (χ1n) is 7.23. The lowest BCUT2D eigenvalue weighted by molar-refractivity contribution is 0.503. The van der Waals surface area contributed by atoms with Gasteiger partial charge >= 0.3 is 0 Å². The Bertz CT molecular complexity index is 332. The zero-order chi connectivity index (χ0) is 11.9. The molecule has 2 rings (SSSR count). The third-order valence-electron chi connectivity index (χ3n) is 3.80. The van der Waals surface area contributed by atoms with Crippen LogP contribution in [0.2, 0.25) is 0 Å². The molecule has 0 heterocycles. The van der Waals surface area contributed by atoms with E-state index in [-0.39, 0.29) is 0 Å². The highest BCUT2D eigenvalue weighted by Gasteiger charge is 2.20. The Balaban J connectivity index is 1.68. The minimum Gasteiger partial charge on any atom is -0.310 e. The number of hydrogen-bond acceptors (Lipinski definition) is 1. The van der Waals surface area contributed by atoms with E-state index in [0.717, 1.165) is 0 Å². The van der Waals surface area contributed by atoms with Gasteiger partial charge in [0.1, 0.15) is 0 Å². The first kappa shape index (κ1) is 12.6. The molecule has 1 aliphatic carbocycles. The summed E-state index contributed by atoms with van der Waals surface area (Å²) in [4.78, 5) is 0. The Hall–Kier alpha value is -0.820. The molecular weight excluding hydrogens is 206 g/mol. The van der Waals surface area contributed by atoms with Crippen LogP contribution in [0, 0.1) is 0 Å². The Morgan fingerprint density at radius 1 is 1.12 bits per heavy atom. The summed E-state index contributed by atoms with van der Waals surface area (Å²) in [6, 6.07) is 9.51. The molecule has 0 spiro atoms. The Morgan fingerprint density at radius 2 is 1.94 bits per heavy atom. The quantitative estimate of drug-likeness (QED) is 0.692. The molecule has 0 saturated heterocycles. The van der Waals surface area contributed by atoms with Gasteiger partial charge in [-0.2, -0.15) is 0 Å². The zero-order valence-corrected chi connectivity index (χ0v) is 11.0. The van der Waals surface area contributed by atoms with E-state index < -0.39 is 0 Å². The number of rotatable bonds is 7. The summed E-state index contributed by atoms with van der Waals surface area (Å²) in [5.41, 5.74) is 3.09. The van der Waals surface area contributed by atoms with Crippen molar-refractivity contribution < 1.29 is 0 Å². The van der Waals surface area contributed by atoms with E-state index in [0.29, 0.717) is 6.04 Å². The van der Waals surface area contributed by atoms with Crippen molar-refractivity contribution in [1.29, 1.82) is 0 Å². The number of aryl methyl sites for hydroxylation is 1. The fourth-order valence-electron chi connectivity index (χ4n) is 2.77. The molecule has 94 valence electrons. The summed E-state index contributed by atoms with van der Waals surface area (Å²) in [6.07, 6.45) is 9.39. The fourth-order valence-corrected chi connectivity index (χ4v) is 2.77. The minimum absolute atomic E-state index is 0.623. The topological polar surface area (TPSA) is 12.0 Å². The first-order valence-corrected chi connectivity index (χ1v) is 7.23. The largest absolute Gasteiger partial charge is 0.310 e. The molecule has 0 saturated carbocycles. The summed E-state index contributed by atoms with van der Waals surface area (Å²) in [6.45, 7) is 3.45. The number of benzene rings is 1. The molecule has 1 unspecified atom stereocenters. The monoisotopic (exact) mass is 231 g/mol. The van der Waals surface area contributed by atoms with Crippen molar-refractivity contribution >= 4 is 0 Å². The predicted octanol–water partition coefficient (Wildman–Crippen LogP) is 4.23. The summed E-state index contributed by atoms with van der Waals surface area (Å²) in [5.74, 6) is 0. The van der Waals surface area contributed by atoms with E-state index in [9.17, 15) is 0 Å². The minimum atomic E-state index is 0.623. The summed E-state index contributed by atoms with van der Waals surface area (Å²) >= 11 is 0. The van der Waals surface area contributed by atoms with Gasteiger partial charge in [-0.25, -0.2) is 0 Å². The van der Waals surface area contributed by atoms with Crippen molar-refractivity contribution in [2.24, 2.45) is 0 Å². The molecule has 17 heavy (non-hydrogen) atoms. The van der Waals surface area contributed by atoms with Gasteiger partial charge in [0.05, 0.1) is 0 Å². The van der Waals surface area contributed by atoms with Gasteiger partial charge in [-0.3, -0.25) is 0 Å². The van der Waals surface area contributed by atoms with E-state index in [1.165, 1.54) is 51.5 Å². The predicted molar refractivity (Wildman–Crippen MR) is 74.3 cm³/mol. The maximum Gasteiger partial charge on any atom is 0.0326 e. The molecule has 1 aromatic rings.